The van der Waals surface area contributed by atoms with Crippen molar-refractivity contribution in [1.82, 2.24) is 5.32 Å². The van der Waals surface area contributed by atoms with Crippen LogP contribution in [0.15, 0.2) is 18.2 Å². The van der Waals surface area contributed by atoms with Crippen molar-refractivity contribution in [2.75, 3.05) is 13.1 Å². The van der Waals surface area contributed by atoms with Crippen LogP contribution in [0.4, 0.5) is 0 Å². The third-order valence-electron chi connectivity index (χ3n) is 3.46. The molecule has 0 radical (unpaired) electrons. The van der Waals surface area contributed by atoms with E-state index in [0.717, 1.165) is 12.5 Å². The number of rotatable bonds is 2. The topological polar surface area (TPSA) is 12.0 Å². The second-order valence-electron chi connectivity index (χ2n) is 4.96. The fourth-order valence-corrected chi connectivity index (χ4v) is 2.47. The van der Waals surface area contributed by atoms with Crippen molar-refractivity contribution in [1.29, 1.82) is 0 Å². The minimum atomic E-state index is 0.638. The van der Waals surface area contributed by atoms with Gasteiger partial charge in [-0.15, -0.1) is 0 Å². The number of benzene rings is 1. The Kier molecular flexibility index (Phi) is 3.11. The summed E-state index contributed by atoms with van der Waals surface area (Å²) in [5, 5.41) is 3.43. The van der Waals surface area contributed by atoms with Crippen LogP contribution in [0.2, 0.25) is 0 Å². The van der Waals surface area contributed by atoms with Crippen LogP contribution in [0.5, 0.6) is 0 Å². The summed E-state index contributed by atoms with van der Waals surface area (Å²) >= 11 is 0. The lowest BCUT2D eigenvalue weighted by Gasteiger charge is -2.15. The van der Waals surface area contributed by atoms with E-state index in [9.17, 15) is 0 Å². The third-order valence-corrected chi connectivity index (χ3v) is 3.46. The summed E-state index contributed by atoms with van der Waals surface area (Å²) in [4.78, 5) is 0. The van der Waals surface area contributed by atoms with Crippen LogP contribution in [0.3, 0.4) is 0 Å². The first-order chi connectivity index (χ1) is 7.18. The standard InChI is InChI=1S/C14H21N/c1-10(2)14-8-12(5-4-11(14)3)13-6-7-15-9-13/h4-5,8,10,13,15H,6-7,9H2,1-3H3. The first kappa shape index (κ1) is 10.7. The van der Waals surface area contributed by atoms with Crippen molar-refractivity contribution < 1.29 is 0 Å². The Morgan fingerprint density at radius 3 is 2.73 bits per heavy atom. The van der Waals surface area contributed by atoms with Crippen molar-refractivity contribution in [3.8, 4) is 0 Å². The zero-order chi connectivity index (χ0) is 10.8. The van der Waals surface area contributed by atoms with Gasteiger partial charge in [0.25, 0.3) is 0 Å². The zero-order valence-electron chi connectivity index (χ0n) is 10.0. The van der Waals surface area contributed by atoms with Crippen molar-refractivity contribution in [2.24, 2.45) is 0 Å². The van der Waals surface area contributed by atoms with Crippen LogP contribution in [0.1, 0.15) is 48.8 Å². The SMILES string of the molecule is Cc1ccc(C2CCNC2)cc1C(C)C. The van der Waals surface area contributed by atoms with Gasteiger partial charge in [-0.05, 0) is 48.4 Å². The average Bonchev–Trinajstić information content (AvgIpc) is 2.71. The lowest BCUT2D eigenvalue weighted by Crippen LogP contribution is -2.08. The molecule has 0 aromatic heterocycles. The maximum Gasteiger partial charge on any atom is 0.00206 e. The summed E-state index contributed by atoms with van der Waals surface area (Å²) in [6.45, 7) is 9.10. The van der Waals surface area contributed by atoms with Gasteiger partial charge in [-0.25, -0.2) is 0 Å². The molecule has 1 N–H and O–H groups in total. The predicted molar refractivity (Wildman–Crippen MR) is 65.5 cm³/mol. The zero-order valence-corrected chi connectivity index (χ0v) is 10.0. The third kappa shape index (κ3) is 2.23. The summed E-state index contributed by atoms with van der Waals surface area (Å²) in [5.41, 5.74) is 4.47. The van der Waals surface area contributed by atoms with E-state index in [4.69, 9.17) is 0 Å². The van der Waals surface area contributed by atoms with Crippen LogP contribution < -0.4 is 5.32 Å². The summed E-state index contributed by atoms with van der Waals surface area (Å²) < 4.78 is 0. The Balaban J connectivity index is 2.29. The van der Waals surface area contributed by atoms with Gasteiger partial charge in [0.2, 0.25) is 0 Å². The molecule has 82 valence electrons. The first-order valence-corrected chi connectivity index (χ1v) is 5.99. The van der Waals surface area contributed by atoms with Gasteiger partial charge in [-0.3, -0.25) is 0 Å². The Bertz CT molecular complexity index is 335. The average molecular weight is 203 g/mol. The summed E-state index contributed by atoms with van der Waals surface area (Å²) in [5.74, 6) is 1.38. The van der Waals surface area contributed by atoms with Crippen LogP contribution in [-0.4, -0.2) is 13.1 Å². The fraction of sp³-hybridized carbons (Fsp3) is 0.571. The number of hydrogen-bond acceptors (Lipinski definition) is 1. The van der Waals surface area contributed by atoms with E-state index in [2.05, 4.69) is 44.3 Å². The number of nitrogens with one attached hydrogen (secondary N) is 1. The molecule has 1 aromatic carbocycles. The first-order valence-electron chi connectivity index (χ1n) is 5.99. The van der Waals surface area contributed by atoms with Crippen molar-refractivity contribution in [2.45, 2.75) is 39.0 Å². The van der Waals surface area contributed by atoms with Gasteiger partial charge in [0.15, 0.2) is 0 Å². The Morgan fingerprint density at radius 1 is 1.33 bits per heavy atom. The van der Waals surface area contributed by atoms with Crippen LogP contribution in [0, 0.1) is 6.92 Å². The summed E-state index contributed by atoms with van der Waals surface area (Å²) in [7, 11) is 0. The van der Waals surface area contributed by atoms with E-state index >= 15 is 0 Å². The monoisotopic (exact) mass is 203 g/mol. The molecule has 0 saturated carbocycles. The van der Waals surface area contributed by atoms with E-state index in [-0.39, 0.29) is 0 Å². The molecular formula is C14H21N. The van der Waals surface area contributed by atoms with Gasteiger partial charge < -0.3 is 5.32 Å². The van der Waals surface area contributed by atoms with Gasteiger partial charge >= 0.3 is 0 Å². The van der Waals surface area contributed by atoms with Crippen molar-refractivity contribution >= 4 is 0 Å². The van der Waals surface area contributed by atoms with E-state index < -0.39 is 0 Å². The molecule has 1 fully saturated rings. The minimum Gasteiger partial charge on any atom is -0.316 e. The van der Waals surface area contributed by atoms with E-state index in [0.29, 0.717) is 5.92 Å². The molecule has 15 heavy (non-hydrogen) atoms. The van der Waals surface area contributed by atoms with Gasteiger partial charge in [0.1, 0.15) is 0 Å². The molecule has 0 amide bonds. The molecule has 0 aliphatic carbocycles. The van der Waals surface area contributed by atoms with Crippen LogP contribution in [0.25, 0.3) is 0 Å². The molecule has 1 aliphatic rings. The molecule has 2 rings (SSSR count). The quantitative estimate of drug-likeness (QED) is 0.778. The Hall–Kier alpha value is -0.820. The Labute approximate surface area is 92.9 Å². The molecule has 1 heterocycles. The minimum absolute atomic E-state index is 0.638. The van der Waals surface area contributed by atoms with Crippen molar-refractivity contribution in [3.05, 3.63) is 34.9 Å². The molecule has 1 saturated heterocycles. The number of hydrogen-bond donors (Lipinski definition) is 1. The maximum absolute atomic E-state index is 3.43. The molecule has 1 aliphatic heterocycles. The van der Waals surface area contributed by atoms with E-state index in [1.807, 2.05) is 0 Å². The highest BCUT2D eigenvalue weighted by molar-refractivity contribution is 5.35. The fourth-order valence-electron chi connectivity index (χ4n) is 2.47. The lowest BCUT2D eigenvalue weighted by molar-refractivity contribution is 0.755. The Morgan fingerprint density at radius 2 is 2.13 bits per heavy atom. The number of aryl methyl sites for hydroxylation is 1. The van der Waals surface area contributed by atoms with E-state index in [1.165, 1.54) is 29.7 Å². The van der Waals surface area contributed by atoms with Gasteiger partial charge in [0, 0.05) is 6.54 Å². The second kappa shape index (κ2) is 4.36. The highest BCUT2D eigenvalue weighted by atomic mass is 14.9. The summed E-state index contributed by atoms with van der Waals surface area (Å²) in [6.07, 6.45) is 1.29. The highest BCUT2D eigenvalue weighted by Gasteiger charge is 2.17. The predicted octanol–water partition coefficient (Wildman–Crippen LogP) is 3.20. The van der Waals surface area contributed by atoms with Crippen LogP contribution >= 0.6 is 0 Å². The second-order valence-corrected chi connectivity index (χ2v) is 4.96. The molecule has 1 unspecified atom stereocenters. The van der Waals surface area contributed by atoms with Crippen molar-refractivity contribution in [3.63, 3.8) is 0 Å². The molecule has 1 heteroatoms. The highest BCUT2D eigenvalue weighted by Crippen LogP contribution is 2.27. The van der Waals surface area contributed by atoms with Gasteiger partial charge in [-0.1, -0.05) is 32.0 Å². The van der Waals surface area contributed by atoms with Crippen LogP contribution in [-0.2, 0) is 0 Å². The maximum atomic E-state index is 3.43. The molecule has 0 spiro atoms. The normalized spacial score (nSPS) is 21.2. The summed E-state index contributed by atoms with van der Waals surface area (Å²) in [6, 6.07) is 7.00. The molecule has 1 aromatic rings. The lowest BCUT2D eigenvalue weighted by atomic mass is 9.90. The molecule has 0 bridgehead atoms. The van der Waals surface area contributed by atoms with Gasteiger partial charge in [0.05, 0.1) is 0 Å². The largest absolute Gasteiger partial charge is 0.316 e. The molecule has 1 nitrogen and oxygen atoms in total. The smallest absolute Gasteiger partial charge is 0.00206 e. The molecule has 1 atom stereocenters. The van der Waals surface area contributed by atoms with Gasteiger partial charge in [-0.2, -0.15) is 0 Å². The van der Waals surface area contributed by atoms with E-state index in [1.54, 1.807) is 0 Å². The molecular weight excluding hydrogens is 182 g/mol.